The first-order valence-corrected chi connectivity index (χ1v) is 9.62. The van der Waals surface area contributed by atoms with Crippen LogP contribution in [0.4, 0.5) is 5.69 Å². The summed E-state index contributed by atoms with van der Waals surface area (Å²) in [5.41, 5.74) is 2.56. The van der Waals surface area contributed by atoms with Gasteiger partial charge in [0.2, 0.25) is 0 Å². The van der Waals surface area contributed by atoms with Gasteiger partial charge in [0.25, 0.3) is 10.0 Å². The monoisotopic (exact) mass is 355 g/mol. The first-order valence-electron chi connectivity index (χ1n) is 8.13. The predicted octanol–water partition coefficient (Wildman–Crippen LogP) is 4.52. The van der Waals surface area contributed by atoms with Crippen LogP contribution in [-0.2, 0) is 16.4 Å². The molecule has 0 aromatic heterocycles. The van der Waals surface area contributed by atoms with Gasteiger partial charge in [0.15, 0.2) is 0 Å². The SMILES string of the molecule is CCc1cccc(C)c1NS(=O)(=O)c1ccc2cc(OC)ccc2c1. The summed E-state index contributed by atoms with van der Waals surface area (Å²) in [5.74, 6) is 0.744. The number of aryl methyl sites for hydroxylation is 2. The lowest BCUT2D eigenvalue weighted by molar-refractivity contribution is 0.415. The van der Waals surface area contributed by atoms with Crippen molar-refractivity contribution in [3.05, 3.63) is 65.7 Å². The third kappa shape index (κ3) is 3.46. The number of benzene rings is 3. The number of nitrogens with one attached hydrogen (secondary N) is 1. The summed E-state index contributed by atoms with van der Waals surface area (Å²) in [7, 11) is -2.05. The lowest BCUT2D eigenvalue weighted by atomic mass is 10.1. The number of anilines is 1. The Morgan fingerprint density at radius 3 is 2.44 bits per heavy atom. The normalized spacial score (nSPS) is 11.5. The molecule has 4 nitrogen and oxygen atoms in total. The van der Waals surface area contributed by atoms with Crippen molar-refractivity contribution in [3.8, 4) is 5.75 Å². The van der Waals surface area contributed by atoms with Gasteiger partial charge in [0.05, 0.1) is 17.7 Å². The third-order valence-corrected chi connectivity index (χ3v) is 5.65. The summed E-state index contributed by atoms with van der Waals surface area (Å²) in [4.78, 5) is 0.246. The second-order valence-electron chi connectivity index (χ2n) is 5.94. The molecule has 0 radical (unpaired) electrons. The minimum absolute atomic E-state index is 0.246. The number of rotatable bonds is 5. The molecule has 0 spiro atoms. The van der Waals surface area contributed by atoms with Crippen molar-refractivity contribution in [1.82, 2.24) is 0 Å². The van der Waals surface area contributed by atoms with Crippen LogP contribution in [0.1, 0.15) is 18.1 Å². The van der Waals surface area contributed by atoms with Crippen LogP contribution in [0.3, 0.4) is 0 Å². The fourth-order valence-electron chi connectivity index (χ4n) is 2.86. The van der Waals surface area contributed by atoms with Crippen molar-refractivity contribution in [3.63, 3.8) is 0 Å². The Morgan fingerprint density at radius 2 is 1.72 bits per heavy atom. The topological polar surface area (TPSA) is 55.4 Å². The van der Waals surface area contributed by atoms with Crippen LogP contribution in [0, 0.1) is 6.92 Å². The van der Waals surface area contributed by atoms with Gasteiger partial charge in [-0.3, -0.25) is 4.72 Å². The maximum Gasteiger partial charge on any atom is 0.261 e. The van der Waals surface area contributed by atoms with Gasteiger partial charge in [-0.25, -0.2) is 8.42 Å². The average molecular weight is 355 g/mol. The van der Waals surface area contributed by atoms with E-state index in [1.54, 1.807) is 25.3 Å². The van der Waals surface area contributed by atoms with E-state index in [-0.39, 0.29) is 4.90 Å². The molecule has 0 aliphatic heterocycles. The first kappa shape index (κ1) is 17.3. The van der Waals surface area contributed by atoms with E-state index in [0.717, 1.165) is 34.1 Å². The lowest BCUT2D eigenvalue weighted by Gasteiger charge is -2.15. The van der Waals surface area contributed by atoms with Crippen molar-refractivity contribution in [2.24, 2.45) is 0 Å². The highest BCUT2D eigenvalue weighted by Gasteiger charge is 2.17. The summed E-state index contributed by atoms with van der Waals surface area (Å²) in [6, 6.07) is 16.5. The van der Waals surface area contributed by atoms with Crippen LogP contribution in [0.2, 0.25) is 0 Å². The van der Waals surface area contributed by atoms with E-state index in [0.29, 0.717) is 5.69 Å². The smallest absolute Gasteiger partial charge is 0.261 e. The van der Waals surface area contributed by atoms with Gasteiger partial charge in [0, 0.05) is 0 Å². The van der Waals surface area contributed by atoms with Gasteiger partial charge < -0.3 is 4.74 Å². The van der Waals surface area contributed by atoms with Crippen LogP contribution in [0.15, 0.2) is 59.5 Å². The Hall–Kier alpha value is -2.53. The number of fused-ring (bicyclic) bond motifs is 1. The highest BCUT2D eigenvalue weighted by atomic mass is 32.2. The largest absolute Gasteiger partial charge is 0.497 e. The predicted molar refractivity (Wildman–Crippen MR) is 102 cm³/mol. The van der Waals surface area contributed by atoms with Gasteiger partial charge in [-0.15, -0.1) is 0 Å². The van der Waals surface area contributed by atoms with Gasteiger partial charge in [-0.2, -0.15) is 0 Å². The van der Waals surface area contributed by atoms with Crippen LogP contribution in [-0.4, -0.2) is 15.5 Å². The van der Waals surface area contributed by atoms with Gasteiger partial charge in [-0.05, 0) is 59.5 Å². The van der Waals surface area contributed by atoms with Crippen molar-refractivity contribution >= 4 is 26.5 Å². The number of para-hydroxylation sites is 1. The van der Waals surface area contributed by atoms with Gasteiger partial charge in [-0.1, -0.05) is 37.3 Å². The molecule has 0 fully saturated rings. The average Bonchev–Trinajstić information content (AvgIpc) is 2.62. The molecule has 0 saturated carbocycles. The number of hydrogen-bond acceptors (Lipinski definition) is 3. The Bertz CT molecular complexity index is 1030. The molecule has 0 aliphatic carbocycles. The Kier molecular flexibility index (Phi) is 4.68. The molecule has 1 N–H and O–H groups in total. The van der Waals surface area contributed by atoms with Crippen molar-refractivity contribution in [2.45, 2.75) is 25.2 Å². The van der Waals surface area contributed by atoms with Crippen LogP contribution in [0.25, 0.3) is 10.8 Å². The zero-order valence-electron chi connectivity index (χ0n) is 14.5. The summed E-state index contributed by atoms with van der Waals surface area (Å²) < 4.78 is 33.7. The van der Waals surface area contributed by atoms with E-state index in [1.165, 1.54) is 0 Å². The molecule has 0 aliphatic rings. The first-order chi connectivity index (χ1) is 11.9. The maximum atomic E-state index is 12.9. The molecule has 0 unspecified atom stereocenters. The summed E-state index contributed by atoms with van der Waals surface area (Å²) in [6.45, 7) is 3.92. The standard InChI is InChI=1S/C20H21NO3S/c1-4-15-7-5-6-14(2)20(15)21-25(22,23)19-11-9-16-12-18(24-3)10-8-17(16)13-19/h5-13,21H,4H2,1-3H3. The quantitative estimate of drug-likeness (QED) is 0.732. The molecule has 0 saturated heterocycles. The fourth-order valence-corrected chi connectivity index (χ4v) is 4.07. The number of ether oxygens (including phenoxy) is 1. The van der Waals surface area contributed by atoms with Crippen molar-refractivity contribution < 1.29 is 13.2 Å². The van der Waals surface area contributed by atoms with Crippen LogP contribution >= 0.6 is 0 Å². The molecular formula is C20H21NO3S. The fraction of sp³-hybridized carbons (Fsp3) is 0.200. The van der Waals surface area contributed by atoms with Gasteiger partial charge in [0.1, 0.15) is 5.75 Å². The zero-order valence-corrected chi connectivity index (χ0v) is 15.4. The van der Waals surface area contributed by atoms with Crippen LogP contribution < -0.4 is 9.46 Å². The molecule has 130 valence electrons. The molecule has 25 heavy (non-hydrogen) atoms. The molecule has 3 aromatic carbocycles. The Labute approximate surface area is 148 Å². The van der Waals surface area contributed by atoms with E-state index in [2.05, 4.69) is 4.72 Å². The number of hydrogen-bond donors (Lipinski definition) is 1. The number of sulfonamides is 1. The molecule has 0 atom stereocenters. The third-order valence-electron chi connectivity index (χ3n) is 4.31. The lowest BCUT2D eigenvalue weighted by Crippen LogP contribution is -2.15. The summed E-state index contributed by atoms with van der Waals surface area (Å²) >= 11 is 0. The number of methoxy groups -OCH3 is 1. The molecular weight excluding hydrogens is 334 g/mol. The molecule has 0 amide bonds. The zero-order chi connectivity index (χ0) is 18.0. The van der Waals surface area contributed by atoms with Gasteiger partial charge >= 0.3 is 0 Å². The minimum Gasteiger partial charge on any atom is -0.497 e. The van der Waals surface area contributed by atoms with E-state index < -0.39 is 10.0 Å². The second-order valence-corrected chi connectivity index (χ2v) is 7.63. The summed E-state index contributed by atoms with van der Waals surface area (Å²) in [6.07, 6.45) is 0.761. The highest BCUT2D eigenvalue weighted by Crippen LogP contribution is 2.27. The van der Waals surface area contributed by atoms with Crippen molar-refractivity contribution in [2.75, 3.05) is 11.8 Å². The summed E-state index contributed by atoms with van der Waals surface area (Å²) in [5, 5.41) is 1.78. The van der Waals surface area contributed by atoms with E-state index in [4.69, 9.17) is 4.74 Å². The molecule has 0 heterocycles. The second kappa shape index (κ2) is 6.76. The molecule has 3 aromatic rings. The van der Waals surface area contributed by atoms with Crippen LogP contribution in [0.5, 0.6) is 5.75 Å². The molecule has 5 heteroatoms. The Balaban J connectivity index is 2.02. The minimum atomic E-state index is -3.66. The maximum absolute atomic E-state index is 12.9. The highest BCUT2D eigenvalue weighted by molar-refractivity contribution is 7.92. The molecule has 0 bridgehead atoms. The van der Waals surface area contributed by atoms with E-state index in [1.807, 2.05) is 50.2 Å². The van der Waals surface area contributed by atoms with Crippen molar-refractivity contribution in [1.29, 1.82) is 0 Å². The Morgan fingerprint density at radius 1 is 1.00 bits per heavy atom. The molecule has 3 rings (SSSR count). The van der Waals surface area contributed by atoms with E-state index >= 15 is 0 Å². The van der Waals surface area contributed by atoms with E-state index in [9.17, 15) is 8.42 Å².